The second-order valence-electron chi connectivity index (χ2n) is 3.75. The summed E-state index contributed by atoms with van der Waals surface area (Å²) in [6, 6.07) is 3.33. The average Bonchev–Trinajstić information content (AvgIpc) is 2.36. The zero-order valence-corrected chi connectivity index (χ0v) is 10.0. The number of carbonyl (C=O) groups excluding carboxylic acids is 1. The van der Waals surface area contributed by atoms with Crippen molar-refractivity contribution in [2.24, 2.45) is 5.84 Å². The fraction of sp³-hybridized carbons (Fsp3) is 0.300. The first-order valence-corrected chi connectivity index (χ1v) is 5.34. The largest absolute Gasteiger partial charge is 0.390 e. The van der Waals surface area contributed by atoms with E-state index >= 15 is 0 Å². The number of anilines is 1. The lowest BCUT2D eigenvalue weighted by atomic mass is 10.1. The molecule has 0 aliphatic heterocycles. The number of hydrazine groups is 1. The first-order chi connectivity index (χ1) is 9.24. The third-order valence-electron chi connectivity index (χ3n) is 2.31. The Hall–Kier alpha value is -2.36. The van der Waals surface area contributed by atoms with Gasteiger partial charge in [0.25, 0.3) is 11.6 Å². The van der Waals surface area contributed by atoms with Crippen molar-refractivity contribution in [3.05, 3.63) is 33.9 Å². The maximum atomic E-state index is 11.9. The Morgan fingerprint density at radius 1 is 1.40 bits per heavy atom. The number of nitrogen functional groups attached to an aromatic ring is 1. The van der Waals surface area contributed by atoms with E-state index < -0.39 is 35.7 Å². The Labute approximate surface area is 111 Å². The number of halogens is 3. The fourth-order valence-corrected chi connectivity index (χ4v) is 1.37. The van der Waals surface area contributed by atoms with Crippen LogP contribution in [-0.2, 0) is 0 Å². The summed E-state index contributed by atoms with van der Waals surface area (Å²) in [5.41, 5.74) is 1.50. The number of amides is 1. The summed E-state index contributed by atoms with van der Waals surface area (Å²) in [4.78, 5) is 21.5. The predicted molar refractivity (Wildman–Crippen MR) is 63.9 cm³/mol. The van der Waals surface area contributed by atoms with Gasteiger partial charge in [0.15, 0.2) is 0 Å². The molecule has 0 aliphatic rings. The van der Waals surface area contributed by atoms with Crippen LogP contribution in [0.1, 0.15) is 16.8 Å². The normalized spacial score (nSPS) is 11.0. The minimum absolute atomic E-state index is 0.0122. The zero-order valence-electron chi connectivity index (χ0n) is 10.0. The van der Waals surface area contributed by atoms with Crippen molar-refractivity contribution in [2.75, 3.05) is 12.0 Å². The van der Waals surface area contributed by atoms with Gasteiger partial charge in [0.2, 0.25) is 0 Å². The molecule has 0 bridgehead atoms. The van der Waals surface area contributed by atoms with Crippen LogP contribution in [0.4, 0.5) is 24.5 Å². The minimum Gasteiger partial charge on any atom is -0.352 e. The zero-order chi connectivity index (χ0) is 15.3. The van der Waals surface area contributed by atoms with Gasteiger partial charge in [0.1, 0.15) is 5.69 Å². The number of carbonyl (C=O) groups is 1. The van der Waals surface area contributed by atoms with E-state index in [0.29, 0.717) is 0 Å². The number of nitrogens with one attached hydrogen (secondary N) is 2. The van der Waals surface area contributed by atoms with Gasteiger partial charge in [-0.25, -0.2) is 0 Å². The van der Waals surface area contributed by atoms with Crippen molar-refractivity contribution in [1.82, 2.24) is 5.32 Å². The Kier molecular flexibility index (Phi) is 4.86. The summed E-state index contributed by atoms with van der Waals surface area (Å²) >= 11 is 0. The summed E-state index contributed by atoms with van der Waals surface area (Å²) in [6.45, 7) is -0.604. The number of nitro benzene ring substituents is 1. The summed E-state index contributed by atoms with van der Waals surface area (Å²) in [5, 5.41) is 12.8. The molecule has 1 rings (SSSR count). The number of hydrogen-bond acceptors (Lipinski definition) is 5. The van der Waals surface area contributed by atoms with Crippen LogP contribution in [0.25, 0.3) is 0 Å². The fourth-order valence-electron chi connectivity index (χ4n) is 1.37. The van der Waals surface area contributed by atoms with Crippen LogP contribution in [0.2, 0.25) is 0 Å². The number of hydrogen-bond donors (Lipinski definition) is 3. The lowest BCUT2D eigenvalue weighted by Crippen LogP contribution is -2.28. The molecule has 110 valence electrons. The van der Waals surface area contributed by atoms with Gasteiger partial charge in [-0.3, -0.25) is 20.8 Å². The lowest BCUT2D eigenvalue weighted by molar-refractivity contribution is -0.384. The molecule has 1 aromatic carbocycles. The van der Waals surface area contributed by atoms with Gasteiger partial charge >= 0.3 is 6.18 Å². The highest BCUT2D eigenvalue weighted by molar-refractivity contribution is 5.95. The number of benzene rings is 1. The first kappa shape index (κ1) is 15.7. The maximum Gasteiger partial charge on any atom is 0.390 e. The van der Waals surface area contributed by atoms with E-state index in [1.165, 1.54) is 12.1 Å². The number of alkyl halides is 3. The van der Waals surface area contributed by atoms with E-state index in [2.05, 4.69) is 5.43 Å². The molecular weight excluding hydrogens is 281 g/mol. The predicted octanol–water partition coefficient (Wildman–Crippen LogP) is 1.56. The molecule has 20 heavy (non-hydrogen) atoms. The molecule has 0 saturated heterocycles. The van der Waals surface area contributed by atoms with E-state index in [1.807, 2.05) is 5.32 Å². The maximum absolute atomic E-state index is 11.9. The molecule has 0 fully saturated rings. The van der Waals surface area contributed by atoms with Gasteiger partial charge in [-0.1, -0.05) is 0 Å². The van der Waals surface area contributed by atoms with Crippen molar-refractivity contribution < 1.29 is 22.9 Å². The second-order valence-corrected chi connectivity index (χ2v) is 3.75. The minimum atomic E-state index is -4.38. The van der Waals surface area contributed by atoms with E-state index in [1.54, 1.807) is 0 Å². The van der Waals surface area contributed by atoms with Crippen LogP contribution in [0.15, 0.2) is 18.2 Å². The first-order valence-electron chi connectivity index (χ1n) is 5.34. The smallest absolute Gasteiger partial charge is 0.352 e. The number of nitro groups is 1. The van der Waals surface area contributed by atoms with Crippen molar-refractivity contribution in [2.45, 2.75) is 12.6 Å². The third kappa shape index (κ3) is 4.39. The molecule has 0 aliphatic carbocycles. The summed E-state index contributed by atoms with van der Waals surface area (Å²) in [5.74, 6) is 4.23. The molecule has 0 spiro atoms. The Morgan fingerprint density at radius 3 is 2.55 bits per heavy atom. The van der Waals surface area contributed by atoms with Crippen LogP contribution in [0.3, 0.4) is 0 Å². The number of rotatable bonds is 5. The Morgan fingerprint density at radius 2 is 2.05 bits per heavy atom. The molecule has 10 heteroatoms. The van der Waals surface area contributed by atoms with Crippen molar-refractivity contribution >= 4 is 17.3 Å². The van der Waals surface area contributed by atoms with E-state index in [0.717, 1.165) is 6.07 Å². The molecule has 4 N–H and O–H groups in total. The SMILES string of the molecule is NNc1ccc(C(=O)NCCC(F)(F)F)cc1[N+](=O)[O-]. The van der Waals surface area contributed by atoms with Crippen LogP contribution in [0, 0.1) is 10.1 Å². The molecule has 0 saturated carbocycles. The molecule has 7 nitrogen and oxygen atoms in total. The van der Waals surface area contributed by atoms with Crippen LogP contribution in [-0.4, -0.2) is 23.6 Å². The van der Waals surface area contributed by atoms with E-state index in [9.17, 15) is 28.1 Å². The standard InChI is InChI=1S/C10H11F3N4O3/c11-10(12,13)3-4-15-9(18)6-1-2-7(16-14)8(5-6)17(19)20/h1-2,5,16H,3-4,14H2,(H,15,18). The summed E-state index contributed by atoms with van der Waals surface area (Å²) in [7, 11) is 0. The van der Waals surface area contributed by atoms with Crippen LogP contribution in [0.5, 0.6) is 0 Å². The van der Waals surface area contributed by atoms with Crippen molar-refractivity contribution in [3.63, 3.8) is 0 Å². The molecule has 0 radical (unpaired) electrons. The highest BCUT2D eigenvalue weighted by atomic mass is 19.4. The Bertz CT molecular complexity index is 519. The molecule has 0 atom stereocenters. The molecular formula is C10H11F3N4O3. The van der Waals surface area contributed by atoms with Gasteiger partial charge < -0.3 is 10.7 Å². The van der Waals surface area contributed by atoms with Crippen molar-refractivity contribution in [1.29, 1.82) is 0 Å². The molecule has 1 aromatic rings. The highest BCUT2D eigenvalue weighted by Gasteiger charge is 2.26. The van der Waals surface area contributed by atoms with Gasteiger partial charge in [0.05, 0.1) is 11.3 Å². The quantitative estimate of drug-likeness (QED) is 0.433. The molecule has 1 amide bonds. The molecule has 0 aromatic heterocycles. The van der Waals surface area contributed by atoms with Crippen LogP contribution >= 0.6 is 0 Å². The number of nitrogens with zero attached hydrogens (tertiary/aromatic N) is 1. The highest BCUT2D eigenvalue weighted by Crippen LogP contribution is 2.24. The topological polar surface area (TPSA) is 110 Å². The second kappa shape index (κ2) is 6.19. The van der Waals surface area contributed by atoms with Gasteiger partial charge in [-0.15, -0.1) is 0 Å². The lowest BCUT2D eigenvalue weighted by Gasteiger charge is -2.08. The molecule has 0 unspecified atom stereocenters. The monoisotopic (exact) mass is 292 g/mol. The van der Waals surface area contributed by atoms with Gasteiger partial charge in [-0.05, 0) is 12.1 Å². The summed E-state index contributed by atoms with van der Waals surface area (Å²) < 4.78 is 35.7. The summed E-state index contributed by atoms with van der Waals surface area (Å²) in [6.07, 6.45) is -5.56. The number of nitrogens with two attached hydrogens (primary N) is 1. The average molecular weight is 292 g/mol. The van der Waals surface area contributed by atoms with Gasteiger partial charge in [-0.2, -0.15) is 13.2 Å². The van der Waals surface area contributed by atoms with Crippen molar-refractivity contribution in [3.8, 4) is 0 Å². The third-order valence-corrected chi connectivity index (χ3v) is 2.31. The van der Waals surface area contributed by atoms with Crippen LogP contribution < -0.4 is 16.6 Å². The van der Waals surface area contributed by atoms with E-state index in [-0.39, 0.29) is 11.3 Å². The van der Waals surface area contributed by atoms with E-state index in [4.69, 9.17) is 5.84 Å². The Balaban J connectivity index is 2.79. The van der Waals surface area contributed by atoms with Gasteiger partial charge in [0, 0.05) is 18.2 Å². The molecule has 0 heterocycles.